The number of hydrogen-bond donors (Lipinski definition) is 0. The zero-order chi connectivity index (χ0) is 12.3. The van der Waals surface area contributed by atoms with E-state index in [0.29, 0.717) is 29.0 Å². The van der Waals surface area contributed by atoms with Crippen molar-refractivity contribution in [2.75, 3.05) is 5.88 Å². The minimum absolute atomic E-state index is 0.164. The van der Waals surface area contributed by atoms with Crippen molar-refractivity contribution >= 4 is 11.6 Å². The third kappa shape index (κ3) is 2.56. The maximum Gasteiger partial charge on any atom is 0.195 e. The first-order chi connectivity index (χ1) is 8.22. The van der Waals surface area contributed by atoms with Crippen molar-refractivity contribution in [3.63, 3.8) is 0 Å². The lowest BCUT2D eigenvalue weighted by Gasteiger charge is -2.02. The molecule has 0 radical (unpaired) electrons. The Kier molecular flexibility index (Phi) is 3.59. The molecule has 0 saturated heterocycles. The van der Waals surface area contributed by atoms with E-state index in [1.165, 1.54) is 24.7 Å². The molecule has 2 rings (SSSR count). The Morgan fingerprint density at radius 2 is 2.12 bits per heavy atom. The molecule has 4 heteroatoms. The zero-order valence-electron chi connectivity index (χ0n) is 8.95. The molecule has 0 spiro atoms. The number of aryl methyl sites for hydroxylation is 1. The lowest BCUT2D eigenvalue weighted by molar-refractivity contribution is 0.543. The Bertz CT molecular complexity index is 578. The summed E-state index contributed by atoms with van der Waals surface area (Å²) >= 11 is 5.59. The largest absolute Gasteiger partial charge is 0.471 e. The second-order valence-electron chi connectivity index (χ2n) is 3.59. The summed E-state index contributed by atoms with van der Waals surface area (Å²) in [5, 5.41) is 0. The summed E-state index contributed by atoms with van der Waals surface area (Å²) < 4.78 is 18.2. The summed E-state index contributed by atoms with van der Waals surface area (Å²) in [6, 6.07) is 5.85. The molecule has 1 aromatic carbocycles. The van der Waals surface area contributed by atoms with Crippen LogP contribution >= 0.6 is 11.6 Å². The minimum Gasteiger partial charge on any atom is -0.471 e. The molecule has 0 aliphatic carbocycles. The Hall–Kier alpha value is -1.61. The fourth-order valence-electron chi connectivity index (χ4n) is 1.59. The molecular weight excluding hydrogens is 243 g/mol. The first kappa shape index (κ1) is 11.9. The molecule has 1 heterocycles. The van der Waals surface area contributed by atoms with E-state index in [-0.39, 0.29) is 11.2 Å². The SMILES string of the molecule is O=c1c(CCCl)cocc1-c1cccc(F)c1. The van der Waals surface area contributed by atoms with Gasteiger partial charge in [-0.15, -0.1) is 11.6 Å². The number of hydrogen-bond acceptors (Lipinski definition) is 2. The molecule has 88 valence electrons. The monoisotopic (exact) mass is 252 g/mol. The number of alkyl halides is 1. The van der Waals surface area contributed by atoms with Gasteiger partial charge in [0, 0.05) is 11.4 Å². The van der Waals surface area contributed by atoms with Crippen molar-refractivity contribution in [3.05, 3.63) is 58.4 Å². The second kappa shape index (κ2) is 5.15. The van der Waals surface area contributed by atoms with Crippen LogP contribution in [0, 0.1) is 5.82 Å². The Balaban J connectivity index is 2.53. The predicted molar refractivity (Wildman–Crippen MR) is 64.8 cm³/mol. The van der Waals surface area contributed by atoms with E-state index in [0.717, 1.165) is 0 Å². The van der Waals surface area contributed by atoms with E-state index in [9.17, 15) is 9.18 Å². The lowest BCUT2D eigenvalue weighted by atomic mass is 10.1. The molecular formula is C13H10ClFO2. The predicted octanol–water partition coefficient (Wildman–Crippen LogP) is 3.23. The van der Waals surface area contributed by atoms with Crippen LogP contribution < -0.4 is 5.43 Å². The summed E-state index contributed by atoms with van der Waals surface area (Å²) in [6.45, 7) is 0. The van der Waals surface area contributed by atoms with Crippen molar-refractivity contribution in [1.29, 1.82) is 0 Å². The van der Waals surface area contributed by atoms with Crippen LogP contribution in [0.3, 0.4) is 0 Å². The van der Waals surface area contributed by atoms with Gasteiger partial charge in [0.15, 0.2) is 5.43 Å². The molecule has 0 bridgehead atoms. The number of benzene rings is 1. The Morgan fingerprint density at radius 3 is 2.82 bits per heavy atom. The van der Waals surface area contributed by atoms with Crippen LogP contribution in [0.5, 0.6) is 0 Å². The van der Waals surface area contributed by atoms with Crippen molar-refractivity contribution in [2.45, 2.75) is 6.42 Å². The molecule has 0 saturated carbocycles. The lowest BCUT2D eigenvalue weighted by Crippen LogP contribution is -2.11. The fourth-order valence-corrected chi connectivity index (χ4v) is 1.80. The molecule has 1 aromatic heterocycles. The van der Waals surface area contributed by atoms with Gasteiger partial charge in [-0.3, -0.25) is 4.79 Å². The quantitative estimate of drug-likeness (QED) is 0.785. The number of rotatable bonds is 3. The summed E-state index contributed by atoms with van der Waals surface area (Å²) in [7, 11) is 0. The number of halogens is 2. The highest BCUT2D eigenvalue weighted by Gasteiger charge is 2.09. The maximum absolute atomic E-state index is 13.1. The van der Waals surface area contributed by atoms with E-state index < -0.39 is 0 Å². The molecule has 0 aliphatic rings. The van der Waals surface area contributed by atoms with Crippen LogP contribution in [0.2, 0.25) is 0 Å². The molecule has 0 N–H and O–H groups in total. The van der Waals surface area contributed by atoms with Gasteiger partial charge in [0.05, 0.1) is 11.8 Å². The van der Waals surface area contributed by atoms with Crippen molar-refractivity contribution in [3.8, 4) is 11.1 Å². The molecule has 17 heavy (non-hydrogen) atoms. The van der Waals surface area contributed by atoms with Gasteiger partial charge in [-0.25, -0.2) is 4.39 Å². The van der Waals surface area contributed by atoms with Gasteiger partial charge in [-0.1, -0.05) is 12.1 Å². The van der Waals surface area contributed by atoms with Crippen LogP contribution in [0.25, 0.3) is 11.1 Å². The highest BCUT2D eigenvalue weighted by molar-refractivity contribution is 6.17. The van der Waals surface area contributed by atoms with Crippen molar-refractivity contribution < 1.29 is 8.81 Å². The smallest absolute Gasteiger partial charge is 0.195 e. The van der Waals surface area contributed by atoms with Gasteiger partial charge >= 0.3 is 0 Å². The van der Waals surface area contributed by atoms with Gasteiger partial charge in [-0.05, 0) is 24.1 Å². The third-order valence-electron chi connectivity index (χ3n) is 2.43. The highest BCUT2D eigenvalue weighted by atomic mass is 35.5. The molecule has 0 unspecified atom stereocenters. The van der Waals surface area contributed by atoms with Gasteiger partial charge in [0.1, 0.15) is 12.1 Å². The first-order valence-corrected chi connectivity index (χ1v) is 5.67. The van der Waals surface area contributed by atoms with Crippen molar-refractivity contribution in [2.24, 2.45) is 0 Å². The van der Waals surface area contributed by atoms with E-state index >= 15 is 0 Å². The summed E-state index contributed by atoms with van der Waals surface area (Å²) in [4.78, 5) is 12.0. The third-order valence-corrected chi connectivity index (χ3v) is 2.62. The van der Waals surface area contributed by atoms with Crippen LogP contribution in [0.1, 0.15) is 5.56 Å². The average Bonchev–Trinajstić information content (AvgIpc) is 2.32. The topological polar surface area (TPSA) is 30.2 Å². The molecule has 0 aliphatic heterocycles. The molecule has 2 aromatic rings. The Morgan fingerprint density at radius 1 is 1.29 bits per heavy atom. The van der Waals surface area contributed by atoms with E-state index in [2.05, 4.69) is 0 Å². The Labute approximate surface area is 103 Å². The highest BCUT2D eigenvalue weighted by Crippen LogP contribution is 2.17. The van der Waals surface area contributed by atoms with Gasteiger partial charge in [0.2, 0.25) is 0 Å². The van der Waals surface area contributed by atoms with Gasteiger partial charge < -0.3 is 4.42 Å². The van der Waals surface area contributed by atoms with Gasteiger partial charge in [-0.2, -0.15) is 0 Å². The average molecular weight is 253 g/mol. The standard InChI is InChI=1S/C13H10ClFO2/c14-5-4-10-7-17-8-12(13(10)16)9-2-1-3-11(15)6-9/h1-3,6-8H,4-5H2. The van der Waals surface area contributed by atoms with Crippen molar-refractivity contribution in [1.82, 2.24) is 0 Å². The second-order valence-corrected chi connectivity index (χ2v) is 3.97. The minimum atomic E-state index is -0.385. The molecule has 0 fully saturated rings. The zero-order valence-corrected chi connectivity index (χ0v) is 9.71. The van der Waals surface area contributed by atoms with E-state index in [1.807, 2.05) is 0 Å². The normalized spacial score (nSPS) is 10.5. The van der Waals surface area contributed by atoms with Crippen LogP contribution in [-0.4, -0.2) is 5.88 Å². The van der Waals surface area contributed by atoms with Crippen LogP contribution in [-0.2, 0) is 6.42 Å². The van der Waals surface area contributed by atoms with E-state index in [1.54, 1.807) is 12.1 Å². The van der Waals surface area contributed by atoms with Crippen LogP contribution in [0.15, 0.2) is 46.0 Å². The fraction of sp³-hybridized carbons (Fsp3) is 0.154. The summed E-state index contributed by atoms with van der Waals surface area (Å²) in [6.07, 6.45) is 3.15. The molecule has 2 nitrogen and oxygen atoms in total. The van der Waals surface area contributed by atoms with Gasteiger partial charge in [0.25, 0.3) is 0 Å². The summed E-state index contributed by atoms with van der Waals surface area (Å²) in [5.41, 5.74) is 1.20. The molecule has 0 amide bonds. The summed E-state index contributed by atoms with van der Waals surface area (Å²) in [5.74, 6) is -0.0400. The van der Waals surface area contributed by atoms with E-state index in [4.69, 9.17) is 16.0 Å². The van der Waals surface area contributed by atoms with Crippen LogP contribution in [0.4, 0.5) is 4.39 Å². The molecule has 0 atom stereocenters. The first-order valence-electron chi connectivity index (χ1n) is 5.13. The maximum atomic E-state index is 13.1.